The highest BCUT2D eigenvalue weighted by Crippen LogP contribution is 2.21. The smallest absolute Gasteiger partial charge is 0.256 e. The lowest BCUT2D eigenvalue weighted by molar-refractivity contribution is -0.140. The fourth-order valence-electron chi connectivity index (χ4n) is 2.10. The van der Waals surface area contributed by atoms with Crippen LogP contribution in [0.4, 0.5) is 0 Å². The summed E-state index contributed by atoms with van der Waals surface area (Å²) in [7, 11) is 0. The van der Waals surface area contributed by atoms with Crippen LogP contribution in [0.1, 0.15) is 25.3 Å². The van der Waals surface area contributed by atoms with Gasteiger partial charge in [0.1, 0.15) is 5.76 Å². The molecule has 2 rings (SSSR count). The molecule has 1 aliphatic heterocycles. The van der Waals surface area contributed by atoms with E-state index < -0.39 is 0 Å². The Kier molecular flexibility index (Phi) is 4.52. The summed E-state index contributed by atoms with van der Waals surface area (Å²) in [6, 6.07) is 0. The van der Waals surface area contributed by atoms with Crippen LogP contribution in [-0.2, 0) is 9.53 Å². The van der Waals surface area contributed by atoms with Gasteiger partial charge in [-0.3, -0.25) is 4.79 Å². The normalized spacial score (nSPS) is 23.7. The molecule has 0 radical (unpaired) electrons. The molecule has 106 valence electrons. The average molecular weight is 284 g/mol. The fourth-order valence-corrected chi connectivity index (χ4v) is 2.92. The standard InChI is InChI=1S/C13H20N2O3S/c1-8-5-15(6-9(2)17-8)12(16)7-19-13-14-10(3)11(4)18-13/h8-9H,5-7H2,1-4H3. The Morgan fingerprint density at radius 3 is 2.53 bits per heavy atom. The number of hydrogen-bond donors (Lipinski definition) is 0. The van der Waals surface area contributed by atoms with Gasteiger partial charge in [0.25, 0.3) is 5.22 Å². The molecule has 2 heterocycles. The predicted molar refractivity (Wildman–Crippen MR) is 73.3 cm³/mol. The van der Waals surface area contributed by atoms with Crippen molar-refractivity contribution in [2.45, 2.75) is 45.1 Å². The summed E-state index contributed by atoms with van der Waals surface area (Å²) < 4.78 is 11.1. The Morgan fingerprint density at radius 2 is 2.00 bits per heavy atom. The number of ether oxygens (including phenoxy) is 1. The van der Waals surface area contributed by atoms with E-state index >= 15 is 0 Å². The van der Waals surface area contributed by atoms with E-state index in [4.69, 9.17) is 9.15 Å². The molecule has 1 aromatic rings. The molecular weight excluding hydrogens is 264 g/mol. The molecule has 1 aromatic heterocycles. The van der Waals surface area contributed by atoms with Gasteiger partial charge in [-0.2, -0.15) is 0 Å². The molecule has 1 fully saturated rings. The van der Waals surface area contributed by atoms with Gasteiger partial charge in [-0.25, -0.2) is 4.98 Å². The SMILES string of the molecule is Cc1nc(SCC(=O)N2CC(C)OC(C)C2)oc1C. The summed E-state index contributed by atoms with van der Waals surface area (Å²) in [5.74, 6) is 1.28. The summed E-state index contributed by atoms with van der Waals surface area (Å²) in [6.45, 7) is 9.07. The van der Waals surface area contributed by atoms with Gasteiger partial charge in [0.2, 0.25) is 5.91 Å². The molecule has 1 amide bonds. The van der Waals surface area contributed by atoms with Crippen molar-refractivity contribution in [3.05, 3.63) is 11.5 Å². The van der Waals surface area contributed by atoms with E-state index in [1.807, 2.05) is 32.6 Å². The molecule has 0 saturated carbocycles. The third kappa shape index (κ3) is 3.73. The fraction of sp³-hybridized carbons (Fsp3) is 0.692. The van der Waals surface area contributed by atoms with E-state index in [0.29, 0.717) is 24.1 Å². The second kappa shape index (κ2) is 5.96. The molecule has 1 saturated heterocycles. The minimum atomic E-state index is 0.101. The van der Waals surface area contributed by atoms with E-state index in [1.165, 1.54) is 11.8 Å². The van der Waals surface area contributed by atoms with Crippen molar-refractivity contribution in [3.8, 4) is 0 Å². The number of amides is 1. The Bertz CT molecular complexity index is 431. The van der Waals surface area contributed by atoms with Crippen molar-refractivity contribution in [2.24, 2.45) is 0 Å². The number of morpholine rings is 1. The Hall–Kier alpha value is -1.01. The number of oxazole rings is 1. The Balaban J connectivity index is 1.87. The van der Waals surface area contributed by atoms with Crippen LogP contribution in [0.2, 0.25) is 0 Å². The van der Waals surface area contributed by atoms with Gasteiger partial charge in [0, 0.05) is 13.1 Å². The van der Waals surface area contributed by atoms with Gasteiger partial charge >= 0.3 is 0 Å². The van der Waals surface area contributed by atoms with Crippen LogP contribution >= 0.6 is 11.8 Å². The molecule has 2 atom stereocenters. The van der Waals surface area contributed by atoms with Crippen molar-refractivity contribution in [1.82, 2.24) is 9.88 Å². The van der Waals surface area contributed by atoms with Crippen molar-refractivity contribution in [2.75, 3.05) is 18.8 Å². The highest BCUT2D eigenvalue weighted by atomic mass is 32.2. The predicted octanol–water partition coefficient (Wildman–Crippen LogP) is 2.02. The van der Waals surface area contributed by atoms with Crippen LogP contribution < -0.4 is 0 Å². The van der Waals surface area contributed by atoms with Gasteiger partial charge in [-0.15, -0.1) is 0 Å². The zero-order chi connectivity index (χ0) is 14.0. The van der Waals surface area contributed by atoms with Crippen molar-refractivity contribution in [1.29, 1.82) is 0 Å². The minimum Gasteiger partial charge on any atom is -0.437 e. The van der Waals surface area contributed by atoms with Crippen LogP contribution in [0.3, 0.4) is 0 Å². The van der Waals surface area contributed by atoms with Crippen molar-refractivity contribution in [3.63, 3.8) is 0 Å². The van der Waals surface area contributed by atoms with Crippen LogP contribution in [0.25, 0.3) is 0 Å². The highest BCUT2D eigenvalue weighted by molar-refractivity contribution is 7.99. The lowest BCUT2D eigenvalue weighted by Gasteiger charge is -2.35. The first kappa shape index (κ1) is 14.4. The van der Waals surface area contributed by atoms with Crippen LogP contribution in [-0.4, -0.2) is 46.8 Å². The third-order valence-corrected chi connectivity index (χ3v) is 3.91. The number of aromatic nitrogens is 1. The second-order valence-corrected chi connectivity index (χ2v) is 5.89. The number of carbonyl (C=O) groups is 1. The van der Waals surface area contributed by atoms with E-state index in [9.17, 15) is 4.79 Å². The van der Waals surface area contributed by atoms with Gasteiger partial charge < -0.3 is 14.1 Å². The molecule has 5 nitrogen and oxygen atoms in total. The van der Waals surface area contributed by atoms with Crippen LogP contribution in [0, 0.1) is 13.8 Å². The summed E-state index contributed by atoms with van der Waals surface area (Å²) in [5.41, 5.74) is 0.878. The molecule has 1 aliphatic rings. The zero-order valence-electron chi connectivity index (χ0n) is 11.8. The maximum Gasteiger partial charge on any atom is 0.256 e. The molecular formula is C13H20N2O3S. The van der Waals surface area contributed by atoms with Crippen molar-refractivity contribution < 1.29 is 13.9 Å². The van der Waals surface area contributed by atoms with Crippen molar-refractivity contribution >= 4 is 17.7 Å². The molecule has 0 aliphatic carbocycles. The highest BCUT2D eigenvalue weighted by Gasteiger charge is 2.26. The molecule has 2 unspecified atom stereocenters. The zero-order valence-corrected chi connectivity index (χ0v) is 12.6. The first-order chi connectivity index (χ1) is 8.95. The number of hydrogen-bond acceptors (Lipinski definition) is 5. The average Bonchev–Trinajstić information content (AvgIpc) is 2.64. The number of aryl methyl sites for hydroxylation is 2. The first-order valence-corrected chi connectivity index (χ1v) is 7.44. The number of carbonyl (C=O) groups excluding carboxylic acids is 1. The van der Waals surface area contributed by atoms with Gasteiger partial charge in [0.15, 0.2) is 0 Å². The molecule has 0 bridgehead atoms. The molecule has 19 heavy (non-hydrogen) atoms. The molecule has 0 N–H and O–H groups in total. The van der Waals surface area contributed by atoms with E-state index in [0.717, 1.165) is 11.5 Å². The second-order valence-electron chi connectivity index (χ2n) is 4.97. The largest absolute Gasteiger partial charge is 0.437 e. The molecule has 0 spiro atoms. The summed E-state index contributed by atoms with van der Waals surface area (Å²) in [6.07, 6.45) is 0.202. The summed E-state index contributed by atoms with van der Waals surface area (Å²) >= 11 is 1.35. The third-order valence-electron chi connectivity index (χ3n) is 3.10. The Labute approximate surface area is 117 Å². The quantitative estimate of drug-likeness (QED) is 0.795. The van der Waals surface area contributed by atoms with E-state index in [2.05, 4.69) is 4.98 Å². The molecule has 6 heteroatoms. The van der Waals surface area contributed by atoms with E-state index in [1.54, 1.807) is 0 Å². The first-order valence-electron chi connectivity index (χ1n) is 6.45. The monoisotopic (exact) mass is 284 g/mol. The van der Waals surface area contributed by atoms with Gasteiger partial charge in [-0.05, 0) is 27.7 Å². The number of rotatable bonds is 3. The van der Waals surface area contributed by atoms with Gasteiger partial charge in [0.05, 0.1) is 23.7 Å². The van der Waals surface area contributed by atoms with Crippen LogP contribution in [0.5, 0.6) is 0 Å². The van der Waals surface area contributed by atoms with Crippen LogP contribution in [0.15, 0.2) is 9.64 Å². The Morgan fingerprint density at radius 1 is 1.37 bits per heavy atom. The lowest BCUT2D eigenvalue weighted by Crippen LogP contribution is -2.48. The number of thioether (sulfide) groups is 1. The topological polar surface area (TPSA) is 55.6 Å². The maximum atomic E-state index is 12.1. The minimum absolute atomic E-state index is 0.101. The number of nitrogens with zero attached hydrogens (tertiary/aromatic N) is 2. The molecule has 0 aromatic carbocycles. The van der Waals surface area contributed by atoms with Gasteiger partial charge in [-0.1, -0.05) is 11.8 Å². The maximum absolute atomic E-state index is 12.1. The van der Waals surface area contributed by atoms with E-state index in [-0.39, 0.29) is 18.1 Å². The lowest BCUT2D eigenvalue weighted by atomic mass is 10.2. The summed E-state index contributed by atoms with van der Waals surface area (Å²) in [4.78, 5) is 18.2. The summed E-state index contributed by atoms with van der Waals surface area (Å²) in [5, 5.41) is 0.567.